The van der Waals surface area contributed by atoms with E-state index < -0.39 is 6.10 Å². The maximum atomic E-state index is 12.9. The van der Waals surface area contributed by atoms with Crippen LogP contribution in [-0.4, -0.2) is 38.8 Å². The molecule has 2 atom stereocenters. The molecule has 2 aromatic rings. The SMILES string of the molecule is CC(Oc1cccc(CO)c1)C(=O)N1CCCCC1c1cn[nH]c1. The van der Waals surface area contributed by atoms with Gasteiger partial charge in [0.2, 0.25) is 0 Å². The van der Waals surface area contributed by atoms with Crippen molar-refractivity contribution in [1.29, 1.82) is 0 Å². The molecule has 128 valence electrons. The van der Waals surface area contributed by atoms with Crippen LogP contribution in [0.5, 0.6) is 5.75 Å². The zero-order chi connectivity index (χ0) is 16.9. The van der Waals surface area contributed by atoms with Gasteiger partial charge in [-0.3, -0.25) is 9.89 Å². The first-order valence-corrected chi connectivity index (χ1v) is 8.34. The van der Waals surface area contributed by atoms with Crippen LogP contribution in [0.3, 0.4) is 0 Å². The van der Waals surface area contributed by atoms with Crippen molar-refractivity contribution in [3.63, 3.8) is 0 Å². The van der Waals surface area contributed by atoms with Crippen molar-refractivity contribution in [1.82, 2.24) is 15.1 Å². The second-order valence-electron chi connectivity index (χ2n) is 6.14. The Morgan fingerprint density at radius 1 is 1.50 bits per heavy atom. The summed E-state index contributed by atoms with van der Waals surface area (Å²) in [6.07, 6.45) is 6.11. The lowest BCUT2D eigenvalue weighted by molar-refractivity contribution is -0.142. The Labute approximate surface area is 141 Å². The van der Waals surface area contributed by atoms with Gasteiger partial charge in [0.15, 0.2) is 6.10 Å². The molecule has 2 heterocycles. The molecule has 1 aromatic heterocycles. The third kappa shape index (κ3) is 3.59. The van der Waals surface area contributed by atoms with Gasteiger partial charge in [0, 0.05) is 18.3 Å². The van der Waals surface area contributed by atoms with Crippen molar-refractivity contribution in [2.24, 2.45) is 0 Å². The normalized spacial score (nSPS) is 19.1. The van der Waals surface area contributed by atoms with E-state index in [4.69, 9.17) is 4.74 Å². The first-order chi connectivity index (χ1) is 11.7. The minimum atomic E-state index is -0.577. The largest absolute Gasteiger partial charge is 0.481 e. The summed E-state index contributed by atoms with van der Waals surface area (Å²) < 4.78 is 5.81. The summed E-state index contributed by atoms with van der Waals surface area (Å²) in [6.45, 7) is 2.46. The zero-order valence-electron chi connectivity index (χ0n) is 13.8. The van der Waals surface area contributed by atoms with Gasteiger partial charge in [-0.25, -0.2) is 0 Å². The molecule has 2 unspecified atom stereocenters. The van der Waals surface area contributed by atoms with E-state index >= 15 is 0 Å². The van der Waals surface area contributed by atoms with E-state index in [0.717, 1.165) is 36.9 Å². The summed E-state index contributed by atoms with van der Waals surface area (Å²) in [5.74, 6) is 0.578. The van der Waals surface area contributed by atoms with E-state index in [1.807, 2.05) is 23.2 Å². The summed E-state index contributed by atoms with van der Waals surface area (Å²) in [5.41, 5.74) is 1.80. The summed E-state index contributed by atoms with van der Waals surface area (Å²) >= 11 is 0. The average Bonchev–Trinajstić information content (AvgIpc) is 3.15. The molecule has 0 bridgehead atoms. The number of aliphatic hydroxyl groups is 1. The maximum absolute atomic E-state index is 12.9. The van der Waals surface area contributed by atoms with Crippen molar-refractivity contribution in [2.45, 2.75) is 44.9 Å². The number of aliphatic hydroxyl groups excluding tert-OH is 1. The molecular formula is C18H23N3O3. The van der Waals surface area contributed by atoms with E-state index in [-0.39, 0.29) is 18.6 Å². The predicted molar refractivity (Wildman–Crippen MR) is 89.3 cm³/mol. The highest BCUT2D eigenvalue weighted by Gasteiger charge is 2.32. The van der Waals surface area contributed by atoms with Crippen molar-refractivity contribution < 1.29 is 14.6 Å². The van der Waals surface area contributed by atoms with Crippen LogP contribution < -0.4 is 4.74 Å². The molecule has 1 aliphatic heterocycles. The van der Waals surface area contributed by atoms with Crippen LogP contribution in [0.25, 0.3) is 0 Å². The van der Waals surface area contributed by atoms with E-state index in [1.54, 1.807) is 25.3 Å². The number of nitrogens with zero attached hydrogens (tertiary/aromatic N) is 2. The number of H-pyrrole nitrogens is 1. The number of carbonyl (C=O) groups is 1. The van der Waals surface area contributed by atoms with Gasteiger partial charge in [-0.15, -0.1) is 0 Å². The van der Waals surface area contributed by atoms with Crippen molar-refractivity contribution >= 4 is 5.91 Å². The van der Waals surface area contributed by atoms with Crippen molar-refractivity contribution in [3.05, 3.63) is 47.8 Å². The van der Waals surface area contributed by atoms with Crippen LogP contribution in [-0.2, 0) is 11.4 Å². The average molecular weight is 329 g/mol. The highest BCUT2D eigenvalue weighted by Crippen LogP contribution is 2.31. The number of rotatable bonds is 5. The molecule has 0 aliphatic carbocycles. The molecule has 3 rings (SSSR count). The number of carbonyl (C=O) groups excluding carboxylic acids is 1. The standard InChI is InChI=1S/C18H23N3O3/c1-13(24-16-6-4-5-14(9-16)12-22)18(23)21-8-3-2-7-17(21)15-10-19-20-11-15/h4-6,9-11,13,17,22H,2-3,7-8,12H2,1H3,(H,19,20). The van der Waals surface area contributed by atoms with Gasteiger partial charge in [-0.2, -0.15) is 5.10 Å². The van der Waals surface area contributed by atoms with Gasteiger partial charge in [0.25, 0.3) is 5.91 Å². The monoisotopic (exact) mass is 329 g/mol. The number of piperidine rings is 1. The zero-order valence-corrected chi connectivity index (χ0v) is 13.8. The Morgan fingerprint density at radius 3 is 3.12 bits per heavy atom. The first-order valence-electron chi connectivity index (χ1n) is 8.34. The molecule has 1 aromatic carbocycles. The summed E-state index contributed by atoms with van der Waals surface area (Å²) in [6, 6.07) is 7.24. The Morgan fingerprint density at radius 2 is 2.38 bits per heavy atom. The Bertz CT molecular complexity index is 672. The third-order valence-electron chi connectivity index (χ3n) is 4.43. The van der Waals surface area contributed by atoms with E-state index in [1.165, 1.54) is 0 Å². The molecule has 0 radical (unpaired) electrons. The lowest BCUT2D eigenvalue weighted by atomic mass is 9.97. The second-order valence-corrected chi connectivity index (χ2v) is 6.14. The maximum Gasteiger partial charge on any atom is 0.263 e. The number of nitrogens with one attached hydrogen (secondary N) is 1. The molecule has 1 amide bonds. The van der Waals surface area contributed by atoms with E-state index in [2.05, 4.69) is 10.2 Å². The van der Waals surface area contributed by atoms with E-state index in [9.17, 15) is 9.90 Å². The van der Waals surface area contributed by atoms with Gasteiger partial charge in [-0.05, 0) is 43.9 Å². The van der Waals surface area contributed by atoms with Gasteiger partial charge in [-0.1, -0.05) is 12.1 Å². The first kappa shape index (κ1) is 16.5. The number of hydrogen-bond acceptors (Lipinski definition) is 4. The topological polar surface area (TPSA) is 78.5 Å². The molecule has 1 saturated heterocycles. The number of hydrogen-bond donors (Lipinski definition) is 2. The fourth-order valence-electron chi connectivity index (χ4n) is 3.19. The molecular weight excluding hydrogens is 306 g/mol. The summed E-state index contributed by atoms with van der Waals surface area (Å²) in [4.78, 5) is 14.8. The fourth-order valence-corrected chi connectivity index (χ4v) is 3.19. The van der Waals surface area contributed by atoms with E-state index in [0.29, 0.717) is 5.75 Å². The minimum Gasteiger partial charge on any atom is -0.481 e. The van der Waals surface area contributed by atoms with Gasteiger partial charge in [0.05, 0.1) is 18.8 Å². The summed E-state index contributed by atoms with van der Waals surface area (Å²) in [7, 11) is 0. The number of aromatic amines is 1. The van der Waals surface area contributed by atoms with Gasteiger partial charge >= 0.3 is 0 Å². The Hall–Kier alpha value is -2.34. The van der Waals surface area contributed by atoms with Crippen LogP contribution in [0, 0.1) is 0 Å². The van der Waals surface area contributed by atoms with Crippen LogP contribution >= 0.6 is 0 Å². The number of benzene rings is 1. The van der Waals surface area contributed by atoms with Gasteiger partial charge < -0.3 is 14.7 Å². The lowest BCUT2D eigenvalue weighted by Crippen LogP contribution is -2.44. The smallest absolute Gasteiger partial charge is 0.263 e. The molecule has 1 fully saturated rings. The highest BCUT2D eigenvalue weighted by molar-refractivity contribution is 5.81. The molecule has 0 spiro atoms. The van der Waals surface area contributed by atoms with Crippen LogP contribution in [0.1, 0.15) is 43.4 Å². The predicted octanol–water partition coefficient (Wildman–Crippen LogP) is 2.42. The van der Waals surface area contributed by atoms with Gasteiger partial charge in [0.1, 0.15) is 5.75 Å². The molecule has 0 saturated carbocycles. The second kappa shape index (κ2) is 7.49. The Kier molecular flexibility index (Phi) is 5.15. The van der Waals surface area contributed by atoms with Crippen molar-refractivity contribution in [3.8, 4) is 5.75 Å². The number of amides is 1. The van der Waals surface area contributed by atoms with Crippen LogP contribution in [0.4, 0.5) is 0 Å². The number of ether oxygens (including phenoxy) is 1. The Balaban J connectivity index is 1.71. The lowest BCUT2D eigenvalue weighted by Gasteiger charge is -2.36. The third-order valence-corrected chi connectivity index (χ3v) is 4.43. The number of aromatic nitrogens is 2. The highest BCUT2D eigenvalue weighted by atomic mass is 16.5. The molecule has 24 heavy (non-hydrogen) atoms. The molecule has 6 nitrogen and oxygen atoms in total. The molecule has 1 aliphatic rings. The minimum absolute atomic E-state index is 0.0182. The quantitative estimate of drug-likeness (QED) is 0.883. The number of likely N-dealkylation sites (tertiary alicyclic amines) is 1. The molecule has 6 heteroatoms. The van der Waals surface area contributed by atoms with Crippen LogP contribution in [0.2, 0.25) is 0 Å². The van der Waals surface area contributed by atoms with Crippen molar-refractivity contribution in [2.75, 3.05) is 6.54 Å². The molecule has 2 N–H and O–H groups in total. The fraction of sp³-hybridized carbons (Fsp3) is 0.444. The van der Waals surface area contributed by atoms with Crippen LogP contribution in [0.15, 0.2) is 36.7 Å². The summed E-state index contributed by atoms with van der Waals surface area (Å²) in [5, 5.41) is 16.0.